The second kappa shape index (κ2) is 10.0. The number of aromatic nitrogens is 4. The molecule has 190 valence electrons. The molecule has 6 rings (SSSR count). The van der Waals surface area contributed by atoms with Crippen molar-refractivity contribution in [1.29, 1.82) is 5.26 Å². The normalized spacial score (nSPS) is 16.2. The van der Waals surface area contributed by atoms with Gasteiger partial charge in [0.2, 0.25) is 5.88 Å². The molecule has 0 unspecified atom stereocenters. The van der Waals surface area contributed by atoms with Crippen molar-refractivity contribution in [2.75, 3.05) is 56.2 Å². The summed E-state index contributed by atoms with van der Waals surface area (Å²) in [4.78, 5) is 19.6. The first-order chi connectivity index (χ1) is 18.6. The summed E-state index contributed by atoms with van der Waals surface area (Å²) in [7, 11) is 1.63. The second-order valence-electron chi connectivity index (χ2n) is 9.64. The summed E-state index contributed by atoms with van der Waals surface area (Å²) in [5, 5.41) is 14.1. The molecule has 4 aromatic heterocycles. The second-order valence-corrected chi connectivity index (χ2v) is 9.64. The zero-order valence-electron chi connectivity index (χ0n) is 21.2. The van der Waals surface area contributed by atoms with Crippen LogP contribution >= 0.6 is 0 Å². The van der Waals surface area contributed by atoms with E-state index in [4.69, 9.17) is 16.3 Å². The lowest BCUT2D eigenvalue weighted by atomic mass is 10.0. The van der Waals surface area contributed by atoms with Crippen LogP contribution in [0.2, 0.25) is 0 Å². The first kappa shape index (κ1) is 23.7. The highest BCUT2D eigenvalue weighted by molar-refractivity contribution is 5.86. The van der Waals surface area contributed by atoms with Gasteiger partial charge in [-0.05, 0) is 23.8 Å². The van der Waals surface area contributed by atoms with Crippen molar-refractivity contribution in [2.24, 2.45) is 0 Å². The number of pyridine rings is 3. The lowest BCUT2D eigenvalue weighted by Crippen LogP contribution is -2.49. The number of ether oxygens (including phenoxy) is 1. The van der Waals surface area contributed by atoms with Gasteiger partial charge in [-0.3, -0.25) is 4.90 Å². The van der Waals surface area contributed by atoms with Crippen LogP contribution in [0.15, 0.2) is 55.1 Å². The molecule has 2 aliphatic heterocycles. The maximum Gasteiger partial charge on any atom is 0.257 e. The van der Waals surface area contributed by atoms with Gasteiger partial charge in [0.25, 0.3) is 6.04 Å². The smallest absolute Gasteiger partial charge is 0.257 e. The minimum Gasteiger partial charge on any atom is -0.481 e. The van der Waals surface area contributed by atoms with E-state index < -0.39 is 0 Å². The molecule has 0 saturated carbocycles. The zero-order chi connectivity index (χ0) is 26.1. The molecule has 0 spiro atoms. The number of hydrogen-bond acceptors (Lipinski definition) is 8. The van der Waals surface area contributed by atoms with Crippen molar-refractivity contribution < 1.29 is 4.74 Å². The van der Waals surface area contributed by atoms with Crippen LogP contribution < -0.4 is 14.5 Å². The van der Waals surface area contributed by atoms with Crippen molar-refractivity contribution in [2.45, 2.75) is 12.6 Å². The number of hydrogen-bond donors (Lipinski definition) is 0. The van der Waals surface area contributed by atoms with Gasteiger partial charge in [0, 0.05) is 62.3 Å². The number of methoxy groups -OCH3 is 1. The van der Waals surface area contributed by atoms with Crippen molar-refractivity contribution in [1.82, 2.24) is 24.5 Å². The highest BCUT2D eigenvalue weighted by Crippen LogP contribution is 2.33. The van der Waals surface area contributed by atoms with Crippen molar-refractivity contribution in [3.63, 3.8) is 0 Å². The third-order valence-corrected chi connectivity index (χ3v) is 7.30. The monoisotopic (exact) mass is 505 g/mol. The molecule has 2 fully saturated rings. The summed E-state index contributed by atoms with van der Waals surface area (Å²) < 4.78 is 6.91. The predicted octanol–water partition coefficient (Wildman–Crippen LogP) is 3.10. The molecule has 2 saturated heterocycles. The van der Waals surface area contributed by atoms with Crippen molar-refractivity contribution in [3.05, 3.63) is 77.7 Å². The average Bonchev–Trinajstić information content (AvgIpc) is 3.36. The van der Waals surface area contributed by atoms with Crippen LogP contribution in [0.3, 0.4) is 0 Å². The molecular weight excluding hydrogens is 478 g/mol. The first-order valence-corrected chi connectivity index (χ1v) is 12.6. The van der Waals surface area contributed by atoms with Crippen LogP contribution in [0.1, 0.15) is 11.1 Å². The maximum absolute atomic E-state index is 9.67. The van der Waals surface area contributed by atoms with Gasteiger partial charge in [0.15, 0.2) is 0 Å². The summed E-state index contributed by atoms with van der Waals surface area (Å²) in [5.41, 5.74) is 5.32. The van der Waals surface area contributed by atoms with Crippen LogP contribution in [-0.4, -0.2) is 76.9 Å². The number of nitriles is 1. The van der Waals surface area contributed by atoms with E-state index in [2.05, 4.69) is 60.0 Å². The van der Waals surface area contributed by atoms with E-state index >= 15 is 0 Å². The SMILES string of the molecule is [C-]#[N+]C1CN(c2cc(-c3ccc(N4CCN(Cc5ccc(OC)nc5)CC4)nc3)c3c(C#N)cnn3c2)C1. The average molecular weight is 506 g/mol. The predicted molar refractivity (Wildman–Crippen MR) is 144 cm³/mol. The molecule has 10 heteroatoms. The molecule has 0 N–H and O–H groups in total. The molecule has 0 aromatic carbocycles. The molecule has 38 heavy (non-hydrogen) atoms. The van der Waals surface area contributed by atoms with Crippen LogP contribution in [0.4, 0.5) is 11.5 Å². The lowest BCUT2D eigenvalue weighted by Gasteiger charge is -2.35. The minimum atomic E-state index is 0.0377. The molecule has 0 aliphatic carbocycles. The van der Waals surface area contributed by atoms with Crippen molar-refractivity contribution >= 4 is 17.0 Å². The number of anilines is 2. The third-order valence-electron chi connectivity index (χ3n) is 7.30. The van der Waals surface area contributed by atoms with Gasteiger partial charge in [0.05, 0.1) is 49.4 Å². The van der Waals surface area contributed by atoms with E-state index in [0.29, 0.717) is 24.5 Å². The molecular formula is C28H27N9O. The highest BCUT2D eigenvalue weighted by Gasteiger charge is 2.32. The van der Waals surface area contributed by atoms with Crippen LogP contribution in [0, 0.1) is 17.9 Å². The van der Waals surface area contributed by atoms with Gasteiger partial charge in [-0.2, -0.15) is 10.4 Å². The Morgan fingerprint density at radius 2 is 1.89 bits per heavy atom. The fraction of sp³-hybridized carbons (Fsp3) is 0.321. The molecule has 0 bridgehead atoms. The standard InChI is InChI=1S/C28H27N9O/c1-30-23-17-36(18-23)24-11-25(28-22(12-29)15-33-37(28)19-24)21-4-5-26(31-14-21)35-9-7-34(8-10-35)16-20-3-6-27(38-2)32-13-20/h3-6,11,13-15,19,23H,7-10,16-18H2,2H3. The van der Waals surface area contributed by atoms with E-state index in [-0.39, 0.29) is 6.04 Å². The van der Waals surface area contributed by atoms with E-state index in [1.165, 1.54) is 5.56 Å². The Bertz CT molecular complexity index is 1520. The largest absolute Gasteiger partial charge is 0.481 e. The quantitative estimate of drug-likeness (QED) is 0.370. The zero-order valence-corrected chi connectivity index (χ0v) is 21.2. The van der Waals surface area contributed by atoms with Gasteiger partial charge in [-0.25, -0.2) is 21.1 Å². The number of rotatable bonds is 6. The van der Waals surface area contributed by atoms with Gasteiger partial charge >= 0.3 is 0 Å². The van der Waals surface area contributed by atoms with E-state index in [9.17, 15) is 5.26 Å². The Morgan fingerprint density at radius 1 is 1.05 bits per heavy atom. The lowest BCUT2D eigenvalue weighted by molar-refractivity contribution is 0.249. The summed E-state index contributed by atoms with van der Waals surface area (Å²) in [6.07, 6.45) is 7.30. The Labute approximate surface area is 221 Å². The molecule has 6 heterocycles. The summed E-state index contributed by atoms with van der Waals surface area (Å²) in [6.45, 7) is 13.2. The summed E-state index contributed by atoms with van der Waals surface area (Å²) >= 11 is 0. The van der Waals surface area contributed by atoms with E-state index in [0.717, 1.165) is 60.9 Å². The molecule has 0 amide bonds. The minimum absolute atomic E-state index is 0.0377. The van der Waals surface area contributed by atoms with Crippen LogP contribution in [0.5, 0.6) is 5.88 Å². The summed E-state index contributed by atoms with van der Waals surface area (Å²) in [5.74, 6) is 1.58. The fourth-order valence-corrected chi connectivity index (χ4v) is 5.08. The Balaban J connectivity index is 1.18. The van der Waals surface area contributed by atoms with Gasteiger partial charge in [-0.15, -0.1) is 0 Å². The number of fused-ring (bicyclic) bond motifs is 1. The number of nitrogens with zero attached hydrogens (tertiary/aromatic N) is 9. The molecule has 10 nitrogen and oxygen atoms in total. The molecule has 0 atom stereocenters. The van der Waals surface area contributed by atoms with Crippen molar-refractivity contribution in [3.8, 4) is 23.1 Å². The third kappa shape index (κ3) is 4.47. The van der Waals surface area contributed by atoms with Gasteiger partial charge < -0.3 is 19.4 Å². The first-order valence-electron chi connectivity index (χ1n) is 12.6. The topological polar surface area (TPSA) is 90.2 Å². The highest BCUT2D eigenvalue weighted by atomic mass is 16.5. The Kier molecular flexibility index (Phi) is 6.24. The number of piperazine rings is 1. The van der Waals surface area contributed by atoms with E-state index in [1.807, 2.05) is 24.7 Å². The molecule has 0 radical (unpaired) electrons. The van der Waals surface area contributed by atoms with Gasteiger partial charge in [0.1, 0.15) is 11.9 Å². The van der Waals surface area contributed by atoms with E-state index in [1.54, 1.807) is 17.8 Å². The fourth-order valence-electron chi connectivity index (χ4n) is 5.08. The van der Waals surface area contributed by atoms with Crippen LogP contribution in [0.25, 0.3) is 21.5 Å². The molecule has 4 aromatic rings. The van der Waals surface area contributed by atoms with Crippen LogP contribution in [-0.2, 0) is 6.54 Å². The van der Waals surface area contributed by atoms with Gasteiger partial charge in [-0.1, -0.05) is 6.07 Å². The maximum atomic E-state index is 9.67. The Hall–Kier alpha value is -4.67. The molecule has 2 aliphatic rings. The Morgan fingerprint density at radius 3 is 2.55 bits per heavy atom. The summed E-state index contributed by atoms with van der Waals surface area (Å²) in [6, 6.07) is 12.5.